The highest BCUT2D eigenvalue weighted by atomic mass is 15.3. The van der Waals surface area contributed by atoms with Gasteiger partial charge < -0.3 is 5.32 Å². The molecular formula is C16H13N7. The second-order valence-corrected chi connectivity index (χ2v) is 5.01. The van der Waals surface area contributed by atoms with Gasteiger partial charge in [0, 0.05) is 23.3 Å². The minimum atomic E-state index is 0.548. The molecule has 3 aromatic heterocycles. The third-order valence-electron chi connectivity index (χ3n) is 3.38. The second-order valence-electron chi connectivity index (χ2n) is 5.01. The highest BCUT2D eigenvalue weighted by Crippen LogP contribution is 2.26. The summed E-state index contributed by atoms with van der Waals surface area (Å²) in [6, 6.07) is 11.6. The fourth-order valence-electron chi connectivity index (χ4n) is 2.32. The van der Waals surface area contributed by atoms with E-state index in [0.29, 0.717) is 23.4 Å². The molecule has 0 atom stereocenters. The molecule has 0 aliphatic heterocycles. The molecule has 0 radical (unpaired) electrons. The van der Waals surface area contributed by atoms with E-state index in [-0.39, 0.29) is 0 Å². The van der Waals surface area contributed by atoms with Crippen LogP contribution in [-0.2, 0) is 0 Å². The van der Waals surface area contributed by atoms with Gasteiger partial charge in [0.25, 0.3) is 0 Å². The third kappa shape index (κ3) is 2.59. The first-order valence-corrected chi connectivity index (χ1v) is 7.13. The minimum Gasteiger partial charge on any atom is -0.309 e. The van der Waals surface area contributed by atoms with Gasteiger partial charge in [-0.2, -0.15) is 10.1 Å². The van der Waals surface area contributed by atoms with Gasteiger partial charge in [-0.05, 0) is 31.2 Å². The number of rotatable bonds is 3. The maximum atomic E-state index is 4.64. The van der Waals surface area contributed by atoms with Crippen LogP contribution in [0.2, 0.25) is 0 Å². The number of aromatic amines is 1. The molecule has 0 amide bonds. The number of hydrogen-bond donors (Lipinski definition) is 2. The number of para-hydroxylation sites is 1. The number of anilines is 2. The molecule has 0 aliphatic carbocycles. The molecule has 0 saturated carbocycles. The Kier molecular flexibility index (Phi) is 3.16. The van der Waals surface area contributed by atoms with Crippen LogP contribution < -0.4 is 5.32 Å². The Morgan fingerprint density at radius 3 is 2.57 bits per heavy atom. The van der Waals surface area contributed by atoms with E-state index in [2.05, 4.69) is 35.5 Å². The Labute approximate surface area is 131 Å². The van der Waals surface area contributed by atoms with Crippen LogP contribution in [-0.4, -0.2) is 30.1 Å². The molecule has 7 heteroatoms. The van der Waals surface area contributed by atoms with Gasteiger partial charge in [-0.3, -0.25) is 4.98 Å². The average molecular weight is 303 g/mol. The summed E-state index contributed by atoms with van der Waals surface area (Å²) < 4.78 is 0. The smallest absolute Gasteiger partial charge is 0.224 e. The van der Waals surface area contributed by atoms with Crippen LogP contribution in [0.3, 0.4) is 0 Å². The number of fused-ring (bicyclic) bond motifs is 1. The lowest BCUT2D eigenvalue weighted by molar-refractivity contribution is 1.04. The number of hydrogen-bond acceptors (Lipinski definition) is 6. The number of pyridine rings is 1. The van der Waals surface area contributed by atoms with E-state index < -0.39 is 0 Å². The molecule has 3 heterocycles. The monoisotopic (exact) mass is 303 g/mol. The van der Waals surface area contributed by atoms with E-state index in [0.717, 1.165) is 16.5 Å². The van der Waals surface area contributed by atoms with Gasteiger partial charge in [-0.1, -0.05) is 12.1 Å². The quantitative estimate of drug-likeness (QED) is 0.604. The van der Waals surface area contributed by atoms with Crippen molar-refractivity contribution in [1.29, 1.82) is 0 Å². The van der Waals surface area contributed by atoms with E-state index in [4.69, 9.17) is 0 Å². The highest BCUT2D eigenvalue weighted by Gasteiger charge is 2.10. The number of benzene rings is 1. The fourth-order valence-corrected chi connectivity index (χ4v) is 2.32. The molecular weight excluding hydrogens is 290 g/mol. The Bertz CT molecular complexity index is 963. The molecule has 112 valence electrons. The standard InChI is InChI=1S/C16H13N7/c1-10-18-16(23-22-10)21-15-12-4-2-3-5-13(12)19-14(20-15)11-6-8-17-9-7-11/h2-9H,1H3,(H2,18,19,20,21,22,23). The van der Waals surface area contributed by atoms with E-state index in [9.17, 15) is 0 Å². The van der Waals surface area contributed by atoms with Crippen molar-refractivity contribution in [2.24, 2.45) is 0 Å². The van der Waals surface area contributed by atoms with Crippen molar-refractivity contribution in [2.75, 3.05) is 5.32 Å². The summed E-state index contributed by atoms with van der Waals surface area (Å²) in [6.45, 7) is 1.82. The number of nitrogens with zero attached hydrogens (tertiary/aromatic N) is 5. The van der Waals surface area contributed by atoms with Crippen molar-refractivity contribution in [1.82, 2.24) is 30.1 Å². The summed E-state index contributed by atoms with van der Waals surface area (Å²) in [6.07, 6.45) is 3.45. The van der Waals surface area contributed by atoms with Crippen LogP contribution >= 0.6 is 0 Å². The number of aryl methyl sites for hydroxylation is 1. The molecule has 0 aliphatic rings. The molecule has 7 nitrogen and oxygen atoms in total. The van der Waals surface area contributed by atoms with Gasteiger partial charge in [-0.15, -0.1) is 0 Å². The van der Waals surface area contributed by atoms with Crippen LogP contribution in [0.15, 0.2) is 48.8 Å². The number of H-pyrrole nitrogens is 1. The molecule has 23 heavy (non-hydrogen) atoms. The van der Waals surface area contributed by atoms with E-state index in [1.54, 1.807) is 12.4 Å². The molecule has 0 fully saturated rings. The van der Waals surface area contributed by atoms with Crippen molar-refractivity contribution in [2.45, 2.75) is 6.92 Å². The maximum absolute atomic E-state index is 4.64. The van der Waals surface area contributed by atoms with Gasteiger partial charge in [0.05, 0.1) is 5.52 Å². The molecule has 1 aromatic carbocycles. The number of aromatic nitrogens is 6. The average Bonchev–Trinajstić information content (AvgIpc) is 3.00. The SMILES string of the molecule is Cc1n[nH]c(Nc2nc(-c3ccncc3)nc3ccccc23)n1. The van der Waals surface area contributed by atoms with Crippen molar-refractivity contribution in [3.8, 4) is 11.4 Å². The predicted molar refractivity (Wildman–Crippen MR) is 87.2 cm³/mol. The molecule has 0 bridgehead atoms. The van der Waals surface area contributed by atoms with Gasteiger partial charge in [0.1, 0.15) is 11.6 Å². The van der Waals surface area contributed by atoms with Crippen LogP contribution in [0.25, 0.3) is 22.3 Å². The van der Waals surface area contributed by atoms with Crippen LogP contribution in [0.1, 0.15) is 5.82 Å². The van der Waals surface area contributed by atoms with Crippen LogP contribution in [0, 0.1) is 6.92 Å². The molecule has 0 spiro atoms. The summed E-state index contributed by atoms with van der Waals surface area (Å²) in [5.41, 5.74) is 1.76. The summed E-state index contributed by atoms with van der Waals surface area (Å²) >= 11 is 0. The zero-order chi connectivity index (χ0) is 15.6. The molecule has 2 N–H and O–H groups in total. The van der Waals surface area contributed by atoms with Crippen molar-refractivity contribution < 1.29 is 0 Å². The third-order valence-corrected chi connectivity index (χ3v) is 3.38. The summed E-state index contributed by atoms with van der Waals surface area (Å²) in [7, 11) is 0. The lowest BCUT2D eigenvalue weighted by Crippen LogP contribution is -2.00. The van der Waals surface area contributed by atoms with E-state index in [1.807, 2.05) is 43.3 Å². The van der Waals surface area contributed by atoms with Gasteiger partial charge in [-0.25, -0.2) is 15.1 Å². The summed E-state index contributed by atoms with van der Waals surface area (Å²) in [4.78, 5) is 17.6. The predicted octanol–water partition coefficient (Wildman–Crippen LogP) is 2.86. The Hall–Kier alpha value is -3.35. The Morgan fingerprint density at radius 1 is 0.957 bits per heavy atom. The topological polar surface area (TPSA) is 92.3 Å². The van der Waals surface area contributed by atoms with Gasteiger partial charge in [0.15, 0.2) is 5.82 Å². The highest BCUT2D eigenvalue weighted by molar-refractivity contribution is 5.91. The maximum Gasteiger partial charge on any atom is 0.224 e. The Balaban J connectivity index is 1.87. The van der Waals surface area contributed by atoms with E-state index >= 15 is 0 Å². The minimum absolute atomic E-state index is 0.548. The van der Waals surface area contributed by atoms with Crippen LogP contribution in [0.4, 0.5) is 11.8 Å². The lowest BCUT2D eigenvalue weighted by Gasteiger charge is -2.09. The van der Waals surface area contributed by atoms with E-state index in [1.165, 1.54) is 0 Å². The summed E-state index contributed by atoms with van der Waals surface area (Å²) in [5.74, 6) is 2.52. The number of nitrogens with one attached hydrogen (secondary N) is 2. The first kappa shape index (κ1) is 13.3. The first-order chi connectivity index (χ1) is 11.3. The van der Waals surface area contributed by atoms with Gasteiger partial charge in [0.2, 0.25) is 5.95 Å². The normalized spacial score (nSPS) is 10.8. The van der Waals surface area contributed by atoms with Crippen LogP contribution in [0.5, 0.6) is 0 Å². The largest absolute Gasteiger partial charge is 0.309 e. The zero-order valence-electron chi connectivity index (χ0n) is 12.4. The van der Waals surface area contributed by atoms with Crippen molar-refractivity contribution >= 4 is 22.7 Å². The molecule has 4 rings (SSSR count). The summed E-state index contributed by atoms with van der Waals surface area (Å²) in [5, 5.41) is 11.0. The van der Waals surface area contributed by atoms with Crippen molar-refractivity contribution in [3.05, 3.63) is 54.6 Å². The zero-order valence-corrected chi connectivity index (χ0v) is 12.4. The lowest BCUT2D eigenvalue weighted by atomic mass is 10.2. The fraction of sp³-hybridized carbons (Fsp3) is 0.0625. The molecule has 4 aromatic rings. The van der Waals surface area contributed by atoms with Crippen molar-refractivity contribution in [3.63, 3.8) is 0 Å². The second kappa shape index (κ2) is 5.45. The first-order valence-electron chi connectivity index (χ1n) is 7.13. The van der Waals surface area contributed by atoms with Gasteiger partial charge >= 0.3 is 0 Å². The molecule has 0 unspecified atom stereocenters. The Morgan fingerprint density at radius 2 is 1.78 bits per heavy atom. The molecule has 0 saturated heterocycles.